The van der Waals surface area contributed by atoms with Gasteiger partial charge in [0.2, 0.25) is 0 Å². The van der Waals surface area contributed by atoms with Gasteiger partial charge in [0.25, 0.3) is 0 Å². The number of hydrogen-bond donors (Lipinski definition) is 0. The lowest BCUT2D eigenvalue weighted by molar-refractivity contribution is 0.980. The quantitative estimate of drug-likeness (QED) is 0.185. The molecular formula is C45H28N2. The summed E-state index contributed by atoms with van der Waals surface area (Å²) in [5.74, 6) is 0. The van der Waals surface area contributed by atoms with Crippen LogP contribution in [0.2, 0.25) is 0 Å². The van der Waals surface area contributed by atoms with Crippen LogP contribution in [0.3, 0.4) is 0 Å². The van der Waals surface area contributed by atoms with Gasteiger partial charge in [-0.2, -0.15) is 5.10 Å². The number of aromatic nitrogens is 2. The van der Waals surface area contributed by atoms with E-state index >= 15 is 0 Å². The van der Waals surface area contributed by atoms with E-state index in [1.165, 1.54) is 54.2 Å². The molecule has 0 fully saturated rings. The maximum absolute atomic E-state index is 5.54. The molecular weight excluding hydrogens is 569 g/mol. The molecule has 0 radical (unpaired) electrons. The van der Waals surface area contributed by atoms with Crippen LogP contribution in [0.5, 0.6) is 0 Å². The Kier molecular flexibility index (Phi) is 5.61. The van der Waals surface area contributed by atoms with Gasteiger partial charge in [0.15, 0.2) is 0 Å². The molecule has 8 aromatic carbocycles. The number of nitrogens with zero attached hydrogens (tertiary/aromatic N) is 2. The van der Waals surface area contributed by atoms with Crippen molar-refractivity contribution in [3.63, 3.8) is 0 Å². The maximum Gasteiger partial charge on any atom is 0.101 e. The molecule has 0 spiro atoms. The first-order valence-electron chi connectivity index (χ1n) is 16.1. The molecule has 0 aliphatic carbocycles. The highest BCUT2D eigenvalue weighted by molar-refractivity contribution is 6.24. The van der Waals surface area contributed by atoms with E-state index < -0.39 is 0 Å². The van der Waals surface area contributed by atoms with Gasteiger partial charge < -0.3 is 0 Å². The van der Waals surface area contributed by atoms with Crippen molar-refractivity contribution in [3.8, 4) is 44.8 Å². The van der Waals surface area contributed by atoms with Crippen molar-refractivity contribution < 1.29 is 0 Å². The molecule has 0 aliphatic heterocycles. The Balaban J connectivity index is 1.35. The molecule has 10 rings (SSSR count). The average Bonchev–Trinajstić information content (AvgIpc) is 3.55. The minimum Gasteiger partial charge on any atom is -0.231 e. The van der Waals surface area contributed by atoms with Crippen molar-refractivity contribution in [2.45, 2.75) is 0 Å². The zero-order valence-electron chi connectivity index (χ0n) is 25.6. The van der Waals surface area contributed by atoms with Gasteiger partial charge in [0.05, 0.1) is 11.2 Å². The summed E-state index contributed by atoms with van der Waals surface area (Å²) in [5, 5.41) is 15.6. The van der Waals surface area contributed by atoms with Crippen LogP contribution < -0.4 is 0 Å². The molecule has 0 aliphatic rings. The highest BCUT2D eigenvalue weighted by atomic mass is 15.2. The lowest BCUT2D eigenvalue weighted by Gasteiger charge is -2.13. The minimum absolute atomic E-state index is 0.983. The molecule has 0 saturated heterocycles. The minimum atomic E-state index is 0.983. The number of benzene rings is 8. The predicted molar refractivity (Wildman–Crippen MR) is 198 cm³/mol. The topological polar surface area (TPSA) is 17.3 Å². The number of fused-ring (bicyclic) bond motifs is 3. The lowest BCUT2D eigenvalue weighted by Crippen LogP contribution is -1.96. The second-order valence-electron chi connectivity index (χ2n) is 12.4. The molecule has 2 aromatic heterocycles. The van der Waals surface area contributed by atoms with Crippen LogP contribution in [0.4, 0.5) is 0 Å². The molecule has 2 heterocycles. The molecule has 2 heteroatoms. The summed E-state index contributed by atoms with van der Waals surface area (Å²) in [7, 11) is 0. The molecule has 0 N–H and O–H groups in total. The average molecular weight is 597 g/mol. The Labute approximate surface area is 272 Å². The van der Waals surface area contributed by atoms with E-state index in [9.17, 15) is 0 Å². The molecule has 10 aromatic rings. The summed E-state index contributed by atoms with van der Waals surface area (Å²) >= 11 is 0. The fraction of sp³-hybridized carbons (Fsp3) is 0. The Bertz CT molecular complexity index is 2700. The highest BCUT2D eigenvalue weighted by Crippen LogP contribution is 2.44. The Morgan fingerprint density at radius 1 is 0.362 bits per heavy atom. The molecule has 0 atom stereocenters. The molecule has 0 bridgehead atoms. The first kappa shape index (κ1) is 26.0. The third-order valence-corrected chi connectivity index (χ3v) is 9.69. The summed E-state index contributed by atoms with van der Waals surface area (Å²) in [6.07, 6.45) is 0. The van der Waals surface area contributed by atoms with Crippen LogP contribution in [0.25, 0.3) is 93.4 Å². The Morgan fingerprint density at radius 2 is 0.915 bits per heavy atom. The fourth-order valence-corrected chi connectivity index (χ4v) is 7.53. The summed E-state index contributed by atoms with van der Waals surface area (Å²) in [6.45, 7) is 0. The van der Waals surface area contributed by atoms with E-state index in [-0.39, 0.29) is 0 Å². The molecule has 218 valence electrons. The van der Waals surface area contributed by atoms with Gasteiger partial charge in [-0.25, -0.2) is 4.52 Å². The third-order valence-electron chi connectivity index (χ3n) is 9.69. The largest absolute Gasteiger partial charge is 0.231 e. The Morgan fingerprint density at radius 3 is 1.57 bits per heavy atom. The van der Waals surface area contributed by atoms with Crippen molar-refractivity contribution in [1.82, 2.24) is 9.61 Å². The van der Waals surface area contributed by atoms with Gasteiger partial charge in [0.1, 0.15) is 5.69 Å². The standard InChI is InChI=1S/C45H28N2/c1-4-11-29(12-5-1)34-21-22-35-28-40(30-13-6-2-7-14-30)47-45(39(35)27-34)43(31-15-8-3-9-16-31)44(46-47)38-25-36-23-19-32-17-10-18-33-20-24-37(26-38)42(36)41(32)33/h1-28H. The summed E-state index contributed by atoms with van der Waals surface area (Å²) < 4.78 is 2.19. The highest BCUT2D eigenvalue weighted by Gasteiger charge is 2.23. The van der Waals surface area contributed by atoms with Gasteiger partial charge in [-0.1, -0.05) is 146 Å². The van der Waals surface area contributed by atoms with Crippen molar-refractivity contribution in [3.05, 3.63) is 170 Å². The number of pyridine rings is 1. The number of hydrogen-bond acceptors (Lipinski definition) is 1. The van der Waals surface area contributed by atoms with E-state index in [1.54, 1.807) is 0 Å². The zero-order valence-corrected chi connectivity index (χ0v) is 25.6. The molecule has 0 amide bonds. The Hall–Kier alpha value is -6.25. The van der Waals surface area contributed by atoms with Gasteiger partial charge >= 0.3 is 0 Å². The fourth-order valence-electron chi connectivity index (χ4n) is 7.53. The lowest BCUT2D eigenvalue weighted by atomic mass is 9.90. The van der Waals surface area contributed by atoms with Crippen LogP contribution in [0.1, 0.15) is 0 Å². The third kappa shape index (κ3) is 4.02. The van der Waals surface area contributed by atoms with Crippen molar-refractivity contribution >= 4 is 48.6 Å². The van der Waals surface area contributed by atoms with Crippen molar-refractivity contribution in [2.24, 2.45) is 0 Å². The van der Waals surface area contributed by atoms with Crippen LogP contribution in [-0.2, 0) is 0 Å². The van der Waals surface area contributed by atoms with Crippen molar-refractivity contribution in [1.29, 1.82) is 0 Å². The van der Waals surface area contributed by atoms with Gasteiger partial charge in [-0.15, -0.1) is 0 Å². The second kappa shape index (κ2) is 10.1. The second-order valence-corrected chi connectivity index (χ2v) is 12.4. The SMILES string of the molecule is c1ccc(-c2ccc3cc(-c4ccccc4)n4nc(-c5cc6ccc7cccc8ccc(c5)c6c78)c(-c5ccccc5)c4c3c2)cc1. The summed E-state index contributed by atoms with van der Waals surface area (Å²) in [5.41, 5.74) is 10.1. The van der Waals surface area contributed by atoms with E-state index in [1.807, 2.05) is 0 Å². The molecule has 0 unspecified atom stereocenters. The summed E-state index contributed by atoms with van der Waals surface area (Å²) in [4.78, 5) is 0. The van der Waals surface area contributed by atoms with E-state index in [0.717, 1.165) is 39.2 Å². The smallest absolute Gasteiger partial charge is 0.101 e. The molecule has 2 nitrogen and oxygen atoms in total. The first-order valence-corrected chi connectivity index (χ1v) is 16.1. The predicted octanol–water partition coefficient (Wildman–Crippen LogP) is 12.1. The number of rotatable bonds is 4. The van der Waals surface area contributed by atoms with E-state index in [4.69, 9.17) is 5.10 Å². The zero-order chi connectivity index (χ0) is 30.9. The van der Waals surface area contributed by atoms with Gasteiger partial charge in [-0.3, -0.25) is 0 Å². The van der Waals surface area contributed by atoms with Crippen LogP contribution in [0, 0.1) is 0 Å². The monoisotopic (exact) mass is 596 g/mol. The van der Waals surface area contributed by atoms with Crippen LogP contribution in [0.15, 0.2) is 170 Å². The van der Waals surface area contributed by atoms with E-state index in [0.29, 0.717) is 0 Å². The van der Waals surface area contributed by atoms with Crippen molar-refractivity contribution in [2.75, 3.05) is 0 Å². The summed E-state index contributed by atoms with van der Waals surface area (Å²) in [6, 6.07) is 61.5. The van der Waals surface area contributed by atoms with E-state index in [2.05, 4.69) is 174 Å². The molecule has 0 saturated carbocycles. The van der Waals surface area contributed by atoms with Gasteiger partial charge in [-0.05, 0) is 78.7 Å². The van der Waals surface area contributed by atoms with Crippen LogP contribution >= 0.6 is 0 Å². The molecule has 47 heavy (non-hydrogen) atoms. The maximum atomic E-state index is 5.54. The van der Waals surface area contributed by atoms with Crippen LogP contribution in [-0.4, -0.2) is 9.61 Å². The normalized spacial score (nSPS) is 11.8. The first-order chi connectivity index (χ1) is 23.3. The van der Waals surface area contributed by atoms with Gasteiger partial charge in [0, 0.05) is 22.1 Å².